The van der Waals surface area contributed by atoms with Crippen molar-refractivity contribution in [2.24, 2.45) is 0 Å². The summed E-state index contributed by atoms with van der Waals surface area (Å²) in [6.07, 6.45) is 1.63. The van der Waals surface area contributed by atoms with E-state index < -0.39 is 0 Å². The van der Waals surface area contributed by atoms with Crippen molar-refractivity contribution in [3.05, 3.63) is 12.4 Å². The van der Waals surface area contributed by atoms with Gasteiger partial charge in [0.15, 0.2) is 0 Å². The van der Waals surface area contributed by atoms with Crippen molar-refractivity contribution in [3.8, 4) is 0 Å². The first kappa shape index (κ1) is 14.7. The van der Waals surface area contributed by atoms with Crippen LogP contribution in [0.1, 0.15) is 20.8 Å². The standard InChI is InChI=1S/C13H25N5/c1-13(2,3)18(6)12-9-11(15-10-16-12)17(5)8-7-14-4/h9-10,14H,7-8H2,1-6H3. The first-order chi connectivity index (χ1) is 8.36. The summed E-state index contributed by atoms with van der Waals surface area (Å²) in [6, 6.07) is 2.03. The van der Waals surface area contributed by atoms with Crippen LogP contribution in [0.4, 0.5) is 11.6 Å². The minimum atomic E-state index is 0.0508. The molecular weight excluding hydrogens is 226 g/mol. The van der Waals surface area contributed by atoms with Crippen LogP contribution in [0.5, 0.6) is 0 Å². The number of hydrogen-bond donors (Lipinski definition) is 1. The maximum atomic E-state index is 4.34. The lowest BCUT2D eigenvalue weighted by atomic mass is 10.1. The maximum Gasteiger partial charge on any atom is 0.134 e. The molecule has 0 spiro atoms. The number of hydrogen-bond acceptors (Lipinski definition) is 5. The van der Waals surface area contributed by atoms with Crippen molar-refractivity contribution in [1.82, 2.24) is 15.3 Å². The fraction of sp³-hybridized carbons (Fsp3) is 0.692. The quantitative estimate of drug-likeness (QED) is 0.856. The molecule has 0 bridgehead atoms. The van der Waals surface area contributed by atoms with Gasteiger partial charge in [0.1, 0.15) is 18.0 Å². The van der Waals surface area contributed by atoms with E-state index in [4.69, 9.17) is 0 Å². The van der Waals surface area contributed by atoms with Gasteiger partial charge in [-0.3, -0.25) is 0 Å². The fourth-order valence-corrected chi connectivity index (χ4v) is 1.47. The second-order valence-electron chi connectivity index (χ2n) is 5.49. The number of nitrogens with zero attached hydrogens (tertiary/aromatic N) is 4. The second kappa shape index (κ2) is 6.00. The molecule has 1 aromatic heterocycles. The van der Waals surface area contributed by atoms with E-state index in [1.54, 1.807) is 6.33 Å². The summed E-state index contributed by atoms with van der Waals surface area (Å²) >= 11 is 0. The van der Waals surface area contributed by atoms with E-state index in [1.165, 1.54) is 0 Å². The summed E-state index contributed by atoms with van der Waals surface area (Å²) in [5.74, 6) is 1.90. The molecule has 0 atom stereocenters. The van der Waals surface area contributed by atoms with E-state index in [2.05, 4.69) is 52.9 Å². The van der Waals surface area contributed by atoms with Crippen molar-refractivity contribution in [2.75, 3.05) is 44.0 Å². The Hall–Kier alpha value is -1.36. The lowest BCUT2D eigenvalue weighted by molar-refractivity contribution is 0.533. The zero-order valence-corrected chi connectivity index (χ0v) is 12.4. The van der Waals surface area contributed by atoms with Crippen molar-refractivity contribution in [1.29, 1.82) is 0 Å². The molecule has 0 aliphatic rings. The van der Waals surface area contributed by atoms with Gasteiger partial charge in [0.25, 0.3) is 0 Å². The van der Waals surface area contributed by atoms with Crippen LogP contribution in [0.15, 0.2) is 12.4 Å². The Kier molecular flexibility index (Phi) is 4.90. The number of likely N-dealkylation sites (N-methyl/N-ethyl adjacent to an activating group) is 2. The summed E-state index contributed by atoms with van der Waals surface area (Å²) in [4.78, 5) is 12.9. The normalized spacial score (nSPS) is 11.4. The Bertz CT molecular complexity index is 372. The fourth-order valence-electron chi connectivity index (χ4n) is 1.47. The van der Waals surface area contributed by atoms with Gasteiger partial charge >= 0.3 is 0 Å². The molecule has 0 amide bonds. The first-order valence-electron chi connectivity index (χ1n) is 6.28. The molecule has 5 nitrogen and oxygen atoms in total. The van der Waals surface area contributed by atoms with Gasteiger partial charge in [-0.15, -0.1) is 0 Å². The Balaban J connectivity index is 2.85. The van der Waals surface area contributed by atoms with Crippen LogP contribution < -0.4 is 15.1 Å². The molecule has 1 N–H and O–H groups in total. The minimum absolute atomic E-state index is 0.0508. The lowest BCUT2D eigenvalue weighted by Crippen LogP contribution is -2.38. The van der Waals surface area contributed by atoms with E-state index in [0.717, 1.165) is 24.7 Å². The summed E-state index contributed by atoms with van der Waals surface area (Å²) in [5.41, 5.74) is 0.0508. The topological polar surface area (TPSA) is 44.3 Å². The number of nitrogens with one attached hydrogen (secondary N) is 1. The molecule has 1 aromatic rings. The lowest BCUT2D eigenvalue weighted by Gasteiger charge is -2.33. The molecule has 1 rings (SSSR count). The third-order valence-corrected chi connectivity index (χ3v) is 3.08. The Morgan fingerprint density at radius 3 is 2.33 bits per heavy atom. The highest BCUT2D eigenvalue weighted by Gasteiger charge is 2.19. The Morgan fingerprint density at radius 1 is 1.17 bits per heavy atom. The largest absolute Gasteiger partial charge is 0.358 e. The van der Waals surface area contributed by atoms with Crippen LogP contribution in [0.2, 0.25) is 0 Å². The van der Waals surface area contributed by atoms with Gasteiger partial charge in [-0.05, 0) is 27.8 Å². The van der Waals surface area contributed by atoms with Gasteiger partial charge in [0, 0.05) is 38.8 Å². The molecule has 102 valence electrons. The van der Waals surface area contributed by atoms with Crippen LogP contribution in [0, 0.1) is 0 Å². The molecular formula is C13H25N5. The highest BCUT2D eigenvalue weighted by molar-refractivity contribution is 5.50. The number of aromatic nitrogens is 2. The molecule has 0 unspecified atom stereocenters. The SMILES string of the molecule is CNCCN(C)c1cc(N(C)C(C)(C)C)ncn1. The van der Waals surface area contributed by atoms with Gasteiger partial charge in [0.05, 0.1) is 0 Å². The third kappa shape index (κ3) is 3.84. The van der Waals surface area contributed by atoms with Crippen molar-refractivity contribution in [2.45, 2.75) is 26.3 Å². The van der Waals surface area contributed by atoms with Crippen LogP contribution in [0.3, 0.4) is 0 Å². The minimum Gasteiger partial charge on any atom is -0.358 e. The molecule has 1 heterocycles. The third-order valence-electron chi connectivity index (χ3n) is 3.08. The molecule has 0 fully saturated rings. The average Bonchev–Trinajstić information content (AvgIpc) is 2.34. The molecule has 0 saturated carbocycles. The molecule has 0 radical (unpaired) electrons. The van der Waals surface area contributed by atoms with E-state index >= 15 is 0 Å². The van der Waals surface area contributed by atoms with E-state index in [1.807, 2.05) is 20.2 Å². The molecule has 5 heteroatoms. The molecule has 0 aliphatic heterocycles. The molecule has 0 aliphatic carbocycles. The molecule has 18 heavy (non-hydrogen) atoms. The summed E-state index contributed by atoms with van der Waals surface area (Å²) < 4.78 is 0. The van der Waals surface area contributed by atoms with Crippen LogP contribution in [-0.2, 0) is 0 Å². The average molecular weight is 251 g/mol. The highest BCUT2D eigenvalue weighted by atomic mass is 15.2. The molecule has 0 saturated heterocycles. The van der Waals surface area contributed by atoms with Crippen molar-refractivity contribution < 1.29 is 0 Å². The smallest absolute Gasteiger partial charge is 0.134 e. The summed E-state index contributed by atoms with van der Waals surface area (Å²) in [7, 11) is 6.05. The predicted octanol–water partition coefficient (Wildman–Crippen LogP) is 1.37. The number of anilines is 2. The van der Waals surface area contributed by atoms with Gasteiger partial charge in [-0.1, -0.05) is 0 Å². The van der Waals surface area contributed by atoms with E-state index in [-0.39, 0.29) is 5.54 Å². The van der Waals surface area contributed by atoms with Crippen molar-refractivity contribution in [3.63, 3.8) is 0 Å². The van der Waals surface area contributed by atoms with Gasteiger partial charge < -0.3 is 15.1 Å². The van der Waals surface area contributed by atoms with Gasteiger partial charge in [-0.2, -0.15) is 0 Å². The van der Waals surface area contributed by atoms with Crippen LogP contribution >= 0.6 is 0 Å². The monoisotopic (exact) mass is 251 g/mol. The van der Waals surface area contributed by atoms with E-state index in [9.17, 15) is 0 Å². The second-order valence-corrected chi connectivity index (χ2v) is 5.49. The summed E-state index contributed by atoms with van der Waals surface area (Å²) in [5, 5.41) is 3.13. The maximum absolute atomic E-state index is 4.34. The Morgan fingerprint density at radius 2 is 1.78 bits per heavy atom. The zero-order chi connectivity index (χ0) is 13.8. The van der Waals surface area contributed by atoms with Crippen LogP contribution in [0.25, 0.3) is 0 Å². The first-order valence-corrected chi connectivity index (χ1v) is 6.28. The van der Waals surface area contributed by atoms with Crippen molar-refractivity contribution >= 4 is 11.6 Å². The Labute approximate surface area is 110 Å². The highest BCUT2D eigenvalue weighted by Crippen LogP contribution is 2.21. The van der Waals surface area contributed by atoms with Crippen LogP contribution in [-0.4, -0.2) is 49.7 Å². The summed E-state index contributed by atoms with van der Waals surface area (Å²) in [6.45, 7) is 8.36. The van der Waals surface area contributed by atoms with Gasteiger partial charge in [0.2, 0.25) is 0 Å². The molecule has 0 aromatic carbocycles. The predicted molar refractivity (Wildman–Crippen MR) is 77.4 cm³/mol. The number of rotatable bonds is 5. The zero-order valence-electron chi connectivity index (χ0n) is 12.4. The van der Waals surface area contributed by atoms with E-state index in [0.29, 0.717) is 0 Å². The van der Waals surface area contributed by atoms with Gasteiger partial charge in [-0.25, -0.2) is 9.97 Å².